The molecule has 0 fully saturated rings. The molecule has 0 aliphatic heterocycles. The molecular weight excluding hydrogens is 202 g/mol. The second-order valence-electron chi connectivity index (χ2n) is 2.68. The lowest BCUT2D eigenvalue weighted by molar-refractivity contribution is 0.597. The van der Waals surface area contributed by atoms with Gasteiger partial charge < -0.3 is 5.73 Å². The number of nitrogens with two attached hydrogens (primary N) is 2. The van der Waals surface area contributed by atoms with Crippen LogP contribution < -0.4 is 10.9 Å². The SMILES string of the molecule is N#Cc1cc(S(N)(=O)=O)ccc1CN. The van der Waals surface area contributed by atoms with Crippen molar-refractivity contribution in [2.75, 3.05) is 0 Å². The number of rotatable bonds is 2. The van der Waals surface area contributed by atoms with Crippen LogP contribution in [0.15, 0.2) is 23.1 Å². The topological polar surface area (TPSA) is 110 Å². The van der Waals surface area contributed by atoms with Crippen LogP contribution in [-0.2, 0) is 16.6 Å². The van der Waals surface area contributed by atoms with E-state index in [0.717, 1.165) is 0 Å². The molecule has 0 heterocycles. The normalized spacial score (nSPS) is 10.9. The highest BCUT2D eigenvalue weighted by Crippen LogP contribution is 2.13. The van der Waals surface area contributed by atoms with Crippen LogP contribution in [0.2, 0.25) is 0 Å². The lowest BCUT2D eigenvalue weighted by Crippen LogP contribution is -2.13. The molecule has 0 unspecified atom stereocenters. The average Bonchev–Trinajstić information content (AvgIpc) is 2.15. The summed E-state index contributed by atoms with van der Waals surface area (Å²) in [4.78, 5) is -0.0775. The molecule has 6 heteroatoms. The molecule has 1 rings (SSSR count). The number of nitriles is 1. The second-order valence-corrected chi connectivity index (χ2v) is 4.24. The summed E-state index contributed by atoms with van der Waals surface area (Å²) in [6.45, 7) is 0.188. The summed E-state index contributed by atoms with van der Waals surface area (Å²) in [7, 11) is -3.75. The lowest BCUT2D eigenvalue weighted by atomic mass is 10.1. The van der Waals surface area contributed by atoms with Gasteiger partial charge in [0.05, 0.1) is 16.5 Å². The van der Waals surface area contributed by atoms with Crippen molar-refractivity contribution in [3.63, 3.8) is 0 Å². The number of benzene rings is 1. The Morgan fingerprint density at radius 3 is 2.50 bits per heavy atom. The van der Waals surface area contributed by atoms with E-state index in [9.17, 15) is 8.42 Å². The van der Waals surface area contributed by atoms with Gasteiger partial charge in [0.25, 0.3) is 0 Å². The minimum atomic E-state index is -3.75. The van der Waals surface area contributed by atoms with Gasteiger partial charge in [-0.15, -0.1) is 0 Å². The summed E-state index contributed by atoms with van der Waals surface area (Å²) < 4.78 is 21.9. The summed E-state index contributed by atoms with van der Waals surface area (Å²) in [6.07, 6.45) is 0. The van der Waals surface area contributed by atoms with Gasteiger partial charge in [-0.3, -0.25) is 0 Å². The van der Waals surface area contributed by atoms with E-state index in [-0.39, 0.29) is 17.0 Å². The zero-order valence-electron chi connectivity index (χ0n) is 7.27. The van der Waals surface area contributed by atoms with Crippen molar-refractivity contribution < 1.29 is 8.42 Å². The van der Waals surface area contributed by atoms with Crippen LogP contribution in [0.5, 0.6) is 0 Å². The smallest absolute Gasteiger partial charge is 0.238 e. The van der Waals surface area contributed by atoms with Crippen molar-refractivity contribution in [2.24, 2.45) is 10.9 Å². The largest absolute Gasteiger partial charge is 0.326 e. The Morgan fingerprint density at radius 2 is 2.07 bits per heavy atom. The fourth-order valence-corrected chi connectivity index (χ4v) is 1.55. The average molecular weight is 211 g/mol. The van der Waals surface area contributed by atoms with Gasteiger partial charge in [-0.1, -0.05) is 6.07 Å². The molecule has 1 aromatic carbocycles. The highest BCUT2D eigenvalue weighted by molar-refractivity contribution is 7.89. The number of nitrogens with zero attached hydrogens (tertiary/aromatic N) is 1. The van der Waals surface area contributed by atoms with Gasteiger partial charge >= 0.3 is 0 Å². The molecule has 0 aliphatic carbocycles. The Bertz CT molecular complexity index is 488. The van der Waals surface area contributed by atoms with Crippen molar-refractivity contribution in [1.82, 2.24) is 0 Å². The van der Waals surface area contributed by atoms with Crippen molar-refractivity contribution in [3.05, 3.63) is 29.3 Å². The highest BCUT2D eigenvalue weighted by Gasteiger charge is 2.10. The quantitative estimate of drug-likeness (QED) is 0.697. The van der Waals surface area contributed by atoms with E-state index in [2.05, 4.69) is 0 Å². The first kappa shape index (κ1) is 10.7. The Morgan fingerprint density at radius 1 is 1.43 bits per heavy atom. The van der Waals surface area contributed by atoms with Gasteiger partial charge in [0.1, 0.15) is 0 Å². The molecule has 4 N–H and O–H groups in total. The molecule has 0 atom stereocenters. The van der Waals surface area contributed by atoms with Gasteiger partial charge in [0.2, 0.25) is 10.0 Å². The van der Waals surface area contributed by atoms with E-state index in [1.165, 1.54) is 18.2 Å². The Labute approximate surface area is 82.0 Å². The molecule has 0 aromatic heterocycles. The highest BCUT2D eigenvalue weighted by atomic mass is 32.2. The van der Waals surface area contributed by atoms with Gasteiger partial charge in [0.15, 0.2) is 0 Å². The molecule has 0 aliphatic rings. The van der Waals surface area contributed by atoms with Gasteiger partial charge in [-0.25, -0.2) is 13.6 Å². The van der Waals surface area contributed by atoms with Crippen LogP contribution >= 0.6 is 0 Å². The minimum Gasteiger partial charge on any atom is -0.326 e. The maximum Gasteiger partial charge on any atom is 0.238 e. The van der Waals surface area contributed by atoms with E-state index in [1.807, 2.05) is 6.07 Å². The van der Waals surface area contributed by atoms with Crippen LogP contribution in [0.3, 0.4) is 0 Å². The number of sulfonamides is 1. The van der Waals surface area contributed by atoms with Crippen LogP contribution in [0, 0.1) is 11.3 Å². The Kier molecular flexibility index (Phi) is 2.86. The molecule has 0 amide bonds. The monoisotopic (exact) mass is 211 g/mol. The summed E-state index contributed by atoms with van der Waals surface area (Å²) in [5.74, 6) is 0. The first-order chi connectivity index (χ1) is 6.49. The van der Waals surface area contributed by atoms with Crippen LogP contribution in [0.1, 0.15) is 11.1 Å². The Balaban J connectivity index is 3.38. The van der Waals surface area contributed by atoms with Crippen molar-refractivity contribution in [2.45, 2.75) is 11.4 Å². The Hall–Kier alpha value is -1.42. The standard InChI is InChI=1S/C8H9N3O2S/c9-4-6-1-2-8(14(11,12)13)3-7(6)5-10/h1-3H,4,9H2,(H2,11,12,13). The van der Waals surface area contributed by atoms with E-state index in [4.69, 9.17) is 16.1 Å². The second kappa shape index (κ2) is 3.75. The molecule has 0 radical (unpaired) electrons. The number of hydrogen-bond acceptors (Lipinski definition) is 4. The van der Waals surface area contributed by atoms with E-state index in [1.54, 1.807) is 0 Å². The van der Waals surface area contributed by atoms with E-state index < -0.39 is 10.0 Å². The minimum absolute atomic E-state index is 0.0775. The first-order valence-electron chi connectivity index (χ1n) is 3.75. The third kappa shape index (κ3) is 2.09. The zero-order chi connectivity index (χ0) is 10.8. The van der Waals surface area contributed by atoms with Gasteiger partial charge in [-0.05, 0) is 17.7 Å². The van der Waals surface area contributed by atoms with E-state index in [0.29, 0.717) is 5.56 Å². The molecule has 5 nitrogen and oxygen atoms in total. The summed E-state index contributed by atoms with van der Waals surface area (Å²) in [6, 6.07) is 5.89. The van der Waals surface area contributed by atoms with Crippen molar-refractivity contribution in [3.8, 4) is 6.07 Å². The van der Waals surface area contributed by atoms with Crippen LogP contribution in [0.4, 0.5) is 0 Å². The lowest BCUT2D eigenvalue weighted by Gasteiger charge is -2.02. The summed E-state index contributed by atoms with van der Waals surface area (Å²) in [5.41, 5.74) is 6.19. The van der Waals surface area contributed by atoms with Crippen molar-refractivity contribution >= 4 is 10.0 Å². The predicted octanol–water partition coefficient (Wildman–Crippen LogP) is -0.336. The van der Waals surface area contributed by atoms with Crippen LogP contribution in [0.25, 0.3) is 0 Å². The molecular formula is C8H9N3O2S. The predicted molar refractivity (Wildman–Crippen MR) is 50.4 cm³/mol. The summed E-state index contributed by atoms with van der Waals surface area (Å²) in [5, 5.41) is 13.6. The van der Waals surface area contributed by atoms with Gasteiger partial charge in [0, 0.05) is 6.54 Å². The molecule has 0 spiro atoms. The molecule has 0 saturated heterocycles. The van der Waals surface area contributed by atoms with Crippen LogP contribution in [-0.4, -0.2) is 8.42 Å². The van der Waals surface area contributed by atoms with E-state index >= 15 is 0 Å². The third-order valence-corrected chi connectivity index (χ3v) is 2.66. The summed E-state index contributed by atoms with van der Waals surface area (Å²) >= 11 is 0. The van der Waals surface area contributed by atoms with Gasteiger partial charge in [-0.2, -0.15) is 5.26 Å². The van der Waals surface area contributed by atoms with Crippen molar-refractivity contribution in [1.29, 1.82) is 5.26 Å². The first-order valence-corrected chi connectivity index (χ1v) is 5.29. The fraction of sp³-hybridized carbons (Fsp3) is 0.125. The fourth-order valence-electron chi connectivity index (χ4n) is 1.01. The number of primary sulfonamides is 1. The number of hydrogen-bond donors (Lipinski definition) is 2. The molecule has 14 heavy (non-hydrogen) atoms. The molecule has 0 saturated carbocycles. The zero-order valence-corrected chi connectivity index (χ0v) is 8.08. The molecule has 1 aromatic rings. The molecule has 74 valence electrons. The third-order valence-electron chi connectivity index (χ3n) is 1.75. The maximum atomic E-state index is 10.9. The maximum absolute atomic E-state index is 10.9. The molecule has 0 bridgehead atoms.